The Labute approximate surface area is 111 Å². The molecule has 0 radical (unpaired) electrons. The Balaban J connectivity index is 1.58. The molecule has 3 rings (SSSR count). The van der Waals surface area contributed by atoms with Gasteiger partial charge in [0.2, 0.25) is 5.91 Å². The van der Waals surface area contributed by atoms with Crippen molar-refractivity contribution >= 4 is 11.6 Å². The summed E-state index contributed by atoms with van der Waals surface area (Å²) in [5.41, 5.74) is 3.32. The van der Waals surface area contributed by atoms with Gasteiger partial charge >= 0.3 is 0 Å². The number of benzene rings is 1. The minimum atomic E-state index is -0.167. The molecule has 0 saturated heterocycles. The molecule has 2 aromatic rings. The van der Waals surface area contributed by atoms with Crippen LogP contribution in [0, 0.1) is 0 Å². The van der Waals surface area contributed by atoms with Crippen LogP contribution >= 0.6 is 0 Å². The van der Waals surface area contributed by atoms with Gasteiger partial charge in [-0.25, -0.2) is 0 Å². The number of amides is 1. The average Bonchev–Trinajstić information content (AvgIpc) is 2.90. The van der Waals surface area contributed by atoms with Crippen molar-refractivity contribution in [3.63, 3.8) is 0 Å². The summed E-state index contributed by atoms with van der Waals surface area (Å²) in [5.74, 6) is 0.0352. The van der Waals surface area contributed by atoms with E-state index in [0.717, 1.165) is 17.7 Å². The fourth-order valence-corrected chi connectivity index (χ4v) is 2.27. The van der Waals surface area contributed by atoms with Crippen LogP contribution in [0.5, 0.6) is 0 Å². The number of carbonyl (C=O) groups is 1. The van der Waals surface area contributed by atoms with Crippen molar-refractivity contribution in [3.05, 3.63) is 59.9 Å². The van der Waals surface area contributed by atoms with E-state index in [1.54, 1.807) is 12.4 Å². The van der Waals surface area contributed by atoms with E-state index in [2.05, 4.69) is 21.7 Å². The zero-order valence-corrected chi connectivity index (χ0v) is 10.5. The van der Waals surface area contributed by atoms with Gasteiger partial charge in [-0.2, -0.15) is 0 Å². The predicted molar refractivity (Wildman–Crippen MR) is 73.6 cm³/mol. The summed E-state index contributed by atoms with van der Waals surface area (Å²) in [5, 5.41) is 6.19. The molecule has 0 aliphatic carbocycles. The molecule has 1 aromatic heterocycles. The molecule has 0 saturated carbocycles. The maximum absolute atomic E-state index is 12.1. The van der Waals surface area contributed by atoms with E-state index in [0.29, 0.717) is 6.54 Å². The normalized spacial score (nSPS) is 16.5. The van der Waals surface area contributed by atoms with Crippen molar-refractivity contribution < 1.29 is 4.79 Å². The standard InChI is InChI=1S/C15H15N3O/c19-15(17-10-11-5-7-16-8-6-11)14-9-12-3-1-2-4-13(12)18-14/h1-8,14,18H,9-10H2,(H,17,19). The first-order chi connectivity index (χ1) is 9.33. The van der Waals surface area contributed by atoms with Crippen molar-refractivity contribution in [3.8, 4) is 0 Å². The maximum atomic E-state index is 12.1. The molecular weight excluding hydrogens is 238 g/mol. The van der Waals surface area contributed by atoms with E-state index in [-0.39, 0.29) is 11.9 Å². The average molecular weight is 253 g/mol. The summed E-state index contributed by atoms with van der Waals surface area (Å²) < 4.78 is 0. The topological polar surface area (TPSA) is 54.0 Å². The van der Waals surface area contributed by atoms with Crippen LogP contribution in [0.2, 0.25) is 0 Å². The number of hydrogen-bond acceptors (Lipinski definition) is 3. The Kier molecular flexibility index (Phi) is 3.14. The minimum Gasteiger partial charge on any atom is -0.373 e. The van der Waals surface area contributed by atoms with Crippen molar-refractivity contribution in [2.24, 2.45) is 0 Å². The Bertz CT molecular complexity index is 558. The monoisotopic (exact) mass is 253 g/mol. The van der Waals surface area contributed by atoms with Gasteiger partial charge in [0, 0.05) is 31.0 Å². The molecule has 1 atom stereocenters. The lowest BCUT2D eigenvalue weighted by Gasteiger charge is -2.11. The Morgan fingerprint density at radius 1 is 1.26 bits per heavy atom. The summed E-state index contributed by atoms with van der Waals surface area (Å²) in [6.07, 6.45) is 4.20. The van der Waals surface area contributed by atoms with E-state index in [4.69, 9.17) is 0 Å². The number of rotatable bonds is 3. The highest BCUT2D eigenvalue weighted by atomic mass is 16.2. The van der Waals surface area contributed by atoms with Crippen molar-refractivity contribution in [1.29, 1.82) is 0 Å². The Morgan fingerprint density at radius 3 is 2.84 bits per heavy atom. The Morgan fingerprint density at radius 2 is 2.05 bits per heavy atom. The number of hydrogen-bond donors (Lipinski definition) is 2. The molecule has 2 N–H and O–H groups in total. The number of fused-ring (bicyclic) bond motifs is 1. The molecule has 1 unspecified atom stereocenters. The van der Waals surface area contributed by atoms with Gasteiger partial charge in [0.25, 0.3) is 0 Å². The van der Waals surface area contributed by atoms with Crippen LogP contribution in [0.25, 0.3) is 0 Å². The molecule has 4 nitrogen and oxygen atoms in total. The third kappa shape index (κ3) is 2.57. The van der Waals surface area contributed by atoms with Gasteiger partial charge in [-0.1, -0.05) is 18.2 Å². The van der Waals surface area contributed by atoms with Gasteiger partial charge in [-0.3, -0.25) is 9.78 Å². The molecule has 1 aliphatic rings. The maximum Gasteiger partial charge on any atom is 0.243 e. The van der Waals surface area contributed by atoms with E-state index in [1.165, 1.54) is 5.56 Å². The zero-order chi connectivity index (χ0) is 13.1. The van der Waals surface area contributed by atoms with Gasteiger partial charge < -0.3 is 10.6 Å². The smallest absolute Gasteiger partial charge is 0.243 e. The lowest BCUT2D eigenvalue weighted by atomic mass is 10.1. The van der Waals surface area contributed by atoms with Gasteiger partial charge in [-0.15, -0.1) is 0 Å². The molecule has 1 amide bonds. The van der Waals surface area contributed by atoms with Crippen LogP contribution in [-0.4, -0.2) is 16.9 Å². The molecule has 1 aliphatic heterocycles. The number of carbonyl (C=O) groups excluding carboxylic acids is 1. The first-order valence-electron chi connectivity index (χ1n) is 6.34. The Hall–Kier alpha value is -2.36. The molecule has 19 heavy (non-hydrogen) atoms. The van der Waals surface area contributed by atoms with Crippen LogP contribution in [0.4, 0.5) is 5.69 Å². The number of aromatic nitrogens is 1. The van der Waals surface area contributed by atoms with Crippen molar-refractivity contribution in [2.75, 3.05) is 5.32 Å². The van der Waals surface area contributed by atoms with E-state index >= 15 is 0 Å². The highest BCUT2D eigenvalue weighted by Crippen LogP contribution is 2.25. The first kappa shape index (κ1) is 11.7. The zero-order valence-electron chi connectivity index (χ0n) is 10.5. The van der Waals surface area contributed by atoms with Crippen LogP contribution < -0.4 is 10.6 Å². The molecule has 1 aromatic carbocycles. The summed E-state index contributed by atoms with van der Waals surface area (Å²) in [7, 11) is 0. The first-order valence-corrected chi connectivity index (χ1v) is 6.34. The fraction of sp³-hybridized carbons (Fsp3) is 0.200. The van der Waals surface area contributed by atoms with Gasteiger partial charge in [0.05, 0.1) is 0 Å². The SMILES string of the molecule is O=C(NCc1ccncc1)C1Cc2ccccc2N1. The summed E-state index contributed by atoms with van der Waals surface area (Å²) in [4.78, 5) is 16.0. The highest BCUT2D eigenvalue weighted by molar-refractivity contribution is 5.87. The largest absolute Gasteiger partial charge is 0.373 e. The molecule has 2 heterocycles. The second-order valence-electron chi connectivity index (χ2n) is 4.63. The minimum absolute atomic E-state index is 0.0352. The quantitative estimate of drug-likeness (QED) is 0.876. The van der Waals surface area contributed by atoms with Gasteiger partial charge in [0.1, 0.15) is 6.04 Å². The molecule has 0 bridgehead atoms. The number of nitrogens with zero attached hydrogens (tertiary/aromatic N) is 1. The lowest BCUT2D eigenvalue weighted by Crippen LogP contribution is -2.38. The van der Waals surface area contributed by atoms with Crippen LogP contribution in [0.3, 0.4) is 0 Å². The lowest BCUT2D eigenvalue weighted by molar-refractivity contribution is -0.121. The molecule has 0 fully saturated rings. The van der Waals surface area contributed by atoms with Gasteiger partial charge in [0.15, 0.2) is 0 Å². The second-order valence-corrected chi connectivity index (χ2v) is 4.63. The van der Waals surface area contributed by atoms with Crippen LogP contribution in [0.15, 0.2) is 48.8 Å². The highest BCUT2D eigenvalue weighted by Gasteiger charge is 2.25. The summed E-state index contributed by atoms with van der Waals surface area (Å²) >= 11 is 0. The summed E-state index contributed by atoms with van der Waals surface area (Å²) in [6.45, 7) is 0.538. The van der Waals surface area contributed by atoms with Crippen LogP contribution in [0.1, 0.15) is 11.1 Å². The predicted octanol–water partition coefficient (Wildman–Crippen LogP) is 1.73. The van der Waals surface area contributed by atoms with E-state index in [9.17, 15) is 4.79 Å². The van der Waals surface area contributed by atoms with Gasteiger partial charge in [-0.05, 0) is 29.3 Å². The third-order valence-corrected chi connectivity index (χ3v) is 3.30. The van der Waals surface area contributed by atoms with Crippen molar-refractivity contribution in [2.45, 2.75) is 19.0 Å². The van der Waals surface area contributed by atoms with Crippen LogP contribution in [-0.2, 0) is 17.8 Å². The number of para-hydroxylation sites is 1. The van der Waals surface area contributed by atoms with E-state index in [1.807, 2.05) is 30.3 Å². The second kappa shape index (κ2) is 5.10. The van der Waals surface area contributed by atoms with E-state index < -0.39 is 0 Å². The molecule has 0 spiro atoms. The third-order valence-electron chi connectivity index (χ3n) is 3.30. The molecule has 4 heteroatoms. The molecule has 96 valence electrons. The van der Waals surface area contributed by atoms with Crippen molar-refractivity contribution in [1.82, 2.24) is 10.3 Å². The fourth-order valence-electron chi connectivity index (χ4n) is 2.27. The number of nitrogens with one attached hydrogen (secondary N) is 2. The summed E-state index contributed by atoms with van der Waals surface area (Å²) in [6, 6.07) is 11.7. The molecular formula is C15H15N3O. The number of anilines is 1. The number of pyridine rings is 1.